The number of benzene rings is 2. The van der Waals surface area contributed by atoms with Crippen LogP contribution in [-0.2, 0) is 0 Å². The molecule has 8 heteroatoms. The first-order valence-corrected chi connectivity index (χ1v) is 12.7. The fraction of sp³-hybridized carbons (Fsp3) is 0.241. The number of aromatic nitrogens is 2. The minimum atomic E-state index is -0.121. The topological polar surface area (TPSA) is 54.8 Å². The Kier molecular flexibility index (Phi) is 5.76. The van der Waals surface area contributed by atoms with Gasteiger partial charge in [0.1, 0.15) is 0 Å². The molecule has 1 saturated heterocycles. The second kappa shape index (κ2) is 9.12. The lowest BCUT2D eigenvalue weighted by atomic mass is 9.96. The van der Waals surface area contributed by atoms with Crippen molar-refractivity contribution in [2.75, 3.05) is 30.7 Å². The summed E-state index contributed by atoms with van der Waals surface area (Å²) >= 11 is 5.92. The zero-order valence-electron chi connectivity index (χ0n) is 21.3. The van der Waals surface area contributed by atoms with Crippen LogP contribution in [0.4, 0.5) is 11.4 Å². The fourth-order valence-electron chi connectivity index (χ4n) is 5.37. The van der Waals surface area contributed by atoms with E-state index in [4.69, 9.17) is 26.7 Å². The highest BCUT2D eigenvalue weighted by molar-refractivity contribution is 7.80. The molecule has 1 N–H and O–H groups in total. The number of ether oxygens (including phenoxy) is 2. The van der Waals surface area contributed by atoms with Gasteiger partial charge in [-0.3, -0.25) is 4.98 Å². The van der Waals surface area contributed by atoms with Crippen molar-refractivity contribution in [2.24, 2.45) is 0 Å². The van der Waals surface area contributed by atoms with E-state index < -0.39 is 0 Å². The van der Waals surface area contributed by atoms with Gasteiger partial charge < -0.3 is 29.2 Å². The van der Waals surface area contributed by atoms with Crippen molar-refractivity contribution in [3.05, 3.63) is 95.6 Å². The van der Waals surface area contributed by atoms with Crippen LogP contribution in [0.3, 0.4) is 0 Å². The van der Waals surface area contributed by atoms with Crippen molar-refractivity contribution >= 4 is 28.7 Å². The van der Waals surface area contributed by atoms with Crippen LogP contribution in [0, 0.1) is 13.8 Å². The lowest BCUT2D eigenvalue weighted by Gasteiger charge is -2.28. The molecule has 4 aromatic rings. The van der Waals surface area contributed by atoms with E-state index >= 15 is 0 Å². The lowest BCUT2D eigenvalue weighted by Crippen LogP contribution is -2.29. The van der Waals surface area contributed by atoms with Gasteiger partial charge in [-0.2, -0.15) is 0 Å². The number of aryl methyl sites for hydroxylation is 1. The molecular weight excluding hydrogens is 482 g/mol. The maximum absolute atomic E-state index is 5.92. The number of pyridine rings is 1. The van der Waals surface area contributed by atoms with Crippen LogP contribution in [0.25, 0.3) is 5.69 Å². The van der Waals surface area contributed by atoms with E-state index in [2.05, 4.69) is 84.0 Å². The number of hydrogen-bond acceptors (Lipinski definition) is 5. The molecule has 7 nitrogen and oxygen atoms in total. The SMILES string of the molecule is Cc1cc([C@H]2[C@@H](c3ccccn3)NC(=S)N2c2ccc3c(c2)OCO3)c(C)n1-c1ccc(N(C)C)cc1. The van der Waals surface area contributed by atoms with Gasteiger partial charge in [-0.1, -0.05) is 6.07 Å². The predicted octanol–water partition coefficient (Wildman–Crippen LogP) is 5.46. The van der Waals surface area contributed by atoms with Gasteiger partial charge >= 0.3 is 0 Å². The van der Waals surface area contributed by atoms with E-state index in [0.29, 0.717) is 5.11 Å². The molecule has 0 spiro atoms. The predicted molar refractivity (Wildman–Crippen MR) is 150 cm³/mol. The van der Waals surface area contributed by atoms with E-state index in [-0.39, 0.29) is 18.9 Å². The monoisotopic (exact) mass is 511 g/mol. The van der Waals surface area contributed by atoms with Crippen LogP contribution in [0.5, 0.6) is 11.5 Å². The average molecular weight is 512 g/mol. The lowest BCUT2D eigenvalue weighted by molar-refractivity contribution is 0.174. The van der Waals surface area contributed by atoms with Crippen LogP contribution in [0.2, 0.25) is 0 Å². The number of nitrogens with zero attached hydrogens (tertiary/aromatic N) is 4. The summed E-state index contributed by atoms with van der Waals surface area (Å²) in [5.74, 6) is 1.48. The Morgan fingerprint density at radius 3 is 2.43 bits per heavy atom. The van der Waals surface area contributed by atoms with Crippen LogP contribution < -0.4 is 24.6 Å². The molecule has 2 aromatic heterocycles. The summed E-state index contributed by atoms with van der Waals surface area (Å²) in [6, 6.07) is 22.7. The number of anilines is 2. The molecule has 0 bridgehead atoms. The maximum atomic E-state index is 5.92. The van der Waals surface area contributed by atoms with Crippen LogP contribution >= 0.6 is 12.2 Å². The molecule has 1 fully saturated rings. The third-order valence-corrected chi connectivity index (χ3v) is 7.46. The summed E-state index contributed by atoms with van der Waals surface area (Å²) in [7, 11) is 4.11. The third kappa shape index (κ3) is 3.97. The molecule has 37 heavy (non-hydrogen) atoms. The second-order valence-electron chi connectivity index (χ2n) is 9.61. The number of hydrogen-bond donors (Lipinski definition) is 1. The van der Waals surface area contributed by atoms with Gasteiger partial charge in [0.25, 0.3) is 0 Å². The summed E-state index contributed by atoms with van der Waals surface area (Å²) in [4.78, 5) is 8.98. The van der Waals surface area contributed by atoms with Crippen molar-refractivity contribution in [3.63, 3.8) is 0 Å². The molecule has 2 atom stereocenters. The van der Waals surface area contributed by atoms with E-state index in [1.165, 1.54) is 16.9 Å². The first-order valence-electron chi connectivity index (χ1n) is 12.3. The molecule has 0 saturated carbocycles. The van der Waals surface area contributed by atoms with Crippen molar-refractivity contribution in [1.29, 1.82) is 0 Å². The Hall–Kier alpha value is -4.04. The molecule has 2 aliphatic heterocycles. The highest BCUT2D eigenvalue weighted by atomic mass is 32.1. The zero-order chi connectivity index (χ0) is 25.7. The Morgan fingerprint density at radius 2 is 1.70 bits per heavy atom. The number of thiocarbonyl (C=S) groups is 1. The molecule has 0 amide bonds. The van der Waals surface area contributed by atoms with Crippen molar-refractivity contribution in [1.82, 2.24) is 14.9 Å². The van der Waals surface area contributed by atoms with Gasteiger partial charge in [0, 0.05) is 54.8 Å². The molecule has 188 valence electrons. The quantitative estimate of drug-likeness (QED) is 0.357. The van der Waals surface area contributed by atoms with E-state index in [1.54, 1.807) is 0 Å². The summed E-state index contributed by atoms with van der Waals surface area (Å²) in [6.45, 7) is 4.56. The molecule has 6 rings (SSSR count). The van der Waals surface area contributed by atoms with Crippen molar-refractivity contribution in [2.45, 2.75) is 25.9 Å². The molecule has 0 radical (unpaired) electrons. The Morgan fingerprint density at radius 1 is 0.946 bits per heavy atom. The second-order valence-corrected chi connectivity index (χ2v) is 9.99. The third-order valence-electron chi connectivity index (χ3n) is 7.15. The van der Waals surface area contributed by atoms with Gasteiger partial charge in [-0.25, -0.2) is 0 Å². The highest BCUT2D eigenvalue weighted by Gasteiger charge is 2.42. The van der Waals surface area contributed by atoms with Gasteiger partial charge in [0.2, 0.25) is 6.79 Å². The van der Waals surface area contributed by atoms with Gasteiger partial charge in [0.15, 0.2) is 16.6 Å². The van der Waals surface area contributed by atoms with Crippen LogP contribution in [-0.4, -0.2) is 35.6 Å². The average Bonchev–Trinajstić information content (AvgIpc) is 3.59. The summed E-state index contributed by atoms with van der Waals surface area (Å²) < 4.78 is 13.5. The number of fused-ring (bicyclic) bond motifs is 1. The standard InChI is InChI=1S/C29H29N5O2S/c1-18-15-23(19(2)33(18)21-10-8-20(9-11-21)32(3)4)28-27(24-7-5-6-14-30-24)31-29(37)34(28)22-12-13-25-26(16-22)36-17-35-25/h5-16,27-28H,17H2,1-4H3,(H,31,37)/t27-,28+/m1/s1. The van der Waals surface area contributed by atoms with Crippen LogP contribution in [0.1, 0.15) is 34.7 Å². The zero-order valence-corrected chi connectivity index (χ0v) is 22.1. The van der Waals surface area contributed by atoms with Crippen LogP contribution in [0.15, 0.2) is 72.9 Å². The first kappa shape index (κ1) is 23.4. The molecule has 0 unspecified atom stereocenters. The van der Waals surface area contributed by atoms with Gasteiger partial charge in [-0.05, 0) is 86.2 Å². The summed E-state index contributed by atoms with van der Waals surface area (Å²) in [5.41, 5.74) is 7.70. The molecule has 0 aliphatic carbocycles. The Bertz CT molecular complexity index is 1470. The Labute approximate surface area is 222 Å². The number of nitrogens with one attached hydrogen (secondary N) is 1. The number of rotatable bonds is 5. The minimum Gasteiger partial charge on any atom is -0.454 e. The largest absolute Gasteiger partial charge is 0.454 e. The maximum Gasteiger partial charge on any atom is 0.231 e. The van der Waals surface area contributed by atoms with Crippen molar-refractivity contribution in [3.8, 4) is 17.2 Å². The van der Waals surface area contributed by atoms with Crippen molar-refractivity contribution < 1.29 is 9.47 Å². The van der Waals surface area contributed by atoms with E-state index in [1.807, 2.05) is 36.5 Å². The van der Waals surface area contributed by atoms with E-state index in [9.17, 15) is 0 Å². The molecule has 4 heterocycles. The smallest absolute Gasteiger partial charge is 0.231 e. The Balaban J connectivity index is 1.48. The highest BCUT2D eigenvalue weighted by Crippen LogP contribution is 2.46. The summed E-state index contributed by atoms with van der Waals surface area (Å²) in [5, 5.41) is 4.21. The molecule has 2 aromatic carbocycles. The molecule has 2 aliphatic rings. The normalized spacial score (nSPS) is 18.3. The first-order chi connectivity index (χ1) is 17.9. The minimum absolute atomic E-state index is 0.108. The summed E-state index contributed by atoms with van der Waals surface area (Å²) in [6.07, 6.45) is 1.83. The fourth-order valence-corrected chi connectivity index (χ4v) is 5.71. The van der Waals surface area contributed by atoms with Gasteiger partial charge in [-0.15, -0.1) is 0 Å². The van der Waals surface area contributed by atoms with E-state index in [0.717, 1.165) is 34.3 Å². The van der Waals surface area contributed by atoms with Gasteiger partial charge in [0.05, 0.1) is 17.8 Å². The molecular formula is C29H29N5O2S.